The van der Waals surface area contributed by atoms with E-state index in [9.17, 15) is 8.78 Å². The summed E-state index contributed by atoms with van der Waals surface area (Å²) >= 11 is 0. The van der Waals surface area contributed by atoms with E-state index < -0.39 is 11.6 Å². The van der Waals surface area contributed by atoms with Crippen LogP contribution in [0.4, 0.5) is 14.5 Å². The van der Waals surface area contributed by atoms with E-state index >= 15 is 0 Å². The second-order valence-electron chi connectivity index (χ2n) is 3.59. The van der Waals surface area contributed by atoms with E-state index in [1.165, 1.54) is 12.1 Å². The van der Waals surface area contributed by atoms with Crippen LogP contribution in [0.15, 0.2) is 12.1 Å². The summed E-state index contributed by atoms with van der Waals surface area (Å²) in [6, 6.07) is 2.76. The van der Waals surface area contributed by atoms with Crippen LogP contribution >= 0.6 is 0 Å². The van der Waals surface area contributed by atoms with Crippen LogP contribution in [0.25, 0.3) is 0 Å². The lowest BCUT2D eigenvalue weighted by Crippen LogP contribution is -2.13. The number of hydrogen-bond acceptors (Lipinski definition) is 1. The van der Waals surface area contributed by atoms with Crippen molar-refractivity contribution in [1.82, 2.24) is 0 Å². The molecule has 0 aliphatic heterocycles. The van der Waals surface area contributed by atoms with E-state index in [0.29, 0.717) is 12.0 Å². The first-order chi connectivity index (χ1) is 6.54. The summed E-state index contributed by atoms with van der Waals surface area (Å²) in [5.74, 6) is -1.04. The predicted molar refractivity (Wildman–Crippen MR) is 54.5 cm³/mol. The average Bonchev–Trinajstić information content (AvgIpc) is 2.10. The van der Waals surface area contributed by atoms with Gasteiger partial charge in [-0.05, 0) is 38.0 Å². The van der Waals surface area contributed by atoms with Gasteiger partial charge in [0.1, 0.15) is 17.3 Å². The van der Waals surface area contributed by atoms with Crippen molar-refractivity contribution in [2.75, 3.05) is 5.32 Å². The van der Waals surface area contributed by atoms with Gasteiger partial charge in [0.15, 0.2) is 0 Å². The lowest BCUT2D eigenvalue weighted by molar-refractivity contribution is 0.582. The molecule has 78 valence electrons. The molecular weight excluding hydrogens is 184 g/mol. The van der Waals surface area contributed by atoms with Crippen molar-refractivity contribution in [2.24, 2.45) is 0 Å². The fraction of sp³-hybridized carbons (Fsp3) is 0.455. The summed E-state index contributed by atoms with van der Waals surface area (Å²) in [7, 11) is 0. The van der Waals surface area contributed by atoms with Gasteiger partial charge in [-0.2, -0.15) is 0 Å². The molecule has 1 nitrogen and oxygen atoms in total. The first kappa shape index (κ1) is 11.0. The van der Waals surface area contributed by atoms with Crippen molar-refractivity contribution in [1.29, 1.82) is 0 Å². The van der Waals surface area contributed by atoms with Gasteiger partial charge in [-0.3, -0.25) is 0 Å². The van der Waals surface area contributed by atoms with Gasteiger partial charge < -0.3 is 5.32 Å². The number of benzene rings is 1. The molecule has 1 N–H and O–H groups in total. The van der Waals surface area contributed by atoms with Gasteiger partial charge in [0, 0.05) is 6.04 Å². The molecule has 0 saturated heterocycles. The molecule has 1 rings (SSSR count). The van der Waals surface area contributed by atoms with Crippen LogP contribution < -0.4 is 5.32 Å². The minimum atomic E-state index is -0.518. The first-order valence-electron chi connectivity index (χ1n) is 4.79. The smallest absolute Gasteiger partial charge is 0.149 e. The van der Waals surface area contributed by atoms with Gasteiger partial charge >= 0.3 is 0 Å². The van der Waals surface area contributed by atoms with Crippen LogP contribution in [-0.2, 0) is 6.42 Å². The van der Waals surface area contributed by atoms with Crippen LogP contribution in [-0.4, -0.2) is 6.04 Å². The molecule has 0 aliphatic rings. The van der Waals surface area contributed by atoms with Gasteiger partial charge in [0.25, 0.3) is 0 Å². The average molecular weight is 199 g/mol. The van der Waals surface area contributed by atoms with Gasteiger partial charge in [-0.15, -0.1) is 0 Å². The highest BCUT2D eigenvalue weighted by molar-refractivity contribution is 5.48. The zero-order valence-electron chi connectivity index (χ0n) is 8.70. The molecule has 14 heavy (non-hydrogen) atoms. The highest BCUT2D eigenvalue weighted by atomic mass is 19.1. The minimum Gasteiger partial charge on any atom is -0.378 e. The molecule has 1 aromatic carbocycles. The molecular formula is C11H15F2N. The minimum absolute atomic E-state index is 0.0199. The number of aryl methyl sites for hydroxylation is 1. The Morgan fingerprint density at radius 3 is 2.07 bits per heavy atom. The number of nitrogens with one attached hydrogen (secondary N) is 1. The van der Waals surface area contributed by atoms with Crippen LogP contribution in [0.1, 0.15) is 26.3 Å². The molecule has 0 heterocycles. The predicted octanol–water partition coefficient (Wildman–Crippen LogP) is 3.35. The quantitative estimate of drug-likeness (QED) is 0.787. The van der Waals surface area contributed by atoms with Crippen molar-refractivity contribution in [2.45, 2.75) is 33.2 Å². The van der Waals surface area contributed by atoms with Crippen molar-refractivity contribution in [3.63, 3.8) is 0 Å². The molecule has 0 fully saturated rings. The van der Waals surface area contributed by atoms with Gasteiger partial charge in [-0.25, -0.2) is 8.78 Å². The summed E-state index contributed by atoms with van der Waals surface area (Å²) in [6.45, 7) is 5.54. The Bertz CT molecular complexity index is 298. The first-order valence-corrected chi connectivity index (χ1v) is 4.79. The fourth-order valence-corrected chi connectivity index (χ4v) is 1.26. The Morgan fingerprint density at radius 1 is 1.21 bits per heavy atom. The molecule has 0 bridgehead atoms. The lowest BCUT2D eigenvalue weighted by Gasteiger charge is -2.12. The molecule has 1 aromatic rings. The molecule has 0 spiro atoms. The molecule has 0 aliphatic carbocycles. The highest BCUT2D eigenvalue weighted by Gasteiger charge is 2.10. The maximum Gasteiger partial charge on any atom is 0.149 e. The Kier molecular flexibility index (Phi) is 3.44. The maximum atomic E-state index is 13.4. The third-order valence-electron chi connectivity index (χ3n) is 1.94. The molecule has 0 radical (unpaired) electrons. The topological polar surface area (TPSA) is 12.0 Å². The van der Waals surface area contributed by atoms with E-state index in [4.69, 9.17) is 0 Å². The van der Waals surface area contributed by atoms with Gasteiger partial charge in [0.2, 0.25) is 0 Å². The Hall–Kier alpha value is -1.12. The number of rotatable bonds is 3. The third-order valence-corrected chi connectivity index (χ3v) is 1.94. The molecule has 3 heteroatoms. The second kappa shape index (κ2) is 4.40. The highest BCUT2D eigenvalue weighted by Crippen LogP contribution is 2.21. The number of halogens is 2. The summed E-state index contributed by atoms with van der Waals surface area (Å²) in [6.07, 6.45) is 0.635. The van der Waals surface area contributed by atoms with E-state index in [-0.39, 0.29) is 11.7 Å². The van der Waals surface area contributed by atoms with E-state index in [1.807, 2.05) is 20.8 Å². The Morgan fingerprint density at radius 2 is 1.71 bits per heavy atom. The molecule has 0 atom stereocenters. The monoisotopic (exact) mass is 199 g/mol. The molecule has 0 amide bonds. The van der Waals surface area contributed by atoms with Crippen molar-refractivity contribution in [3.8, 4) is 0 Å². The summed E-state index contributed by atoms with van der Waals surface area (Å²) in [5.41, 5.74) is 0.645. The number of anilines is 1. The van der Waals surface area contributed by atoms with E-state index in [1.54, 1.807) is 0 Å². The lowest BCUT2D eigenvalue weighted by atomic mass is 10.1. The van der Waals surface area contributed by atoms with E-state index in [2.05, 4.69) is 5.32 Å². The van der Waals surface area contributed by atoms with Crippen molar-refractivity contribution >= 4 is 5.69 Å². The van der Waals surface area contributed by atoms with Crippen molar-refractivity contribution in [3.05, 3.63) is 29.3 Å². The Labute approximate surface area is 83.1 Å². The molecule has 0 aromatic heterocycles. The summed E-state index contributed by atoms with van der Waals surface area (Å²) in [4.78, 5) is 0. The maximum absolute atomic E-state index is 13.4. The zero-order valence-corrected chi connectivity index (χ0v) is 8.70. The fourth-order valence-electron chi connectivity index (χ4n) is 1.26. The summed E-state index contributed by atoms with van der Waals surface area (Å²) < 4.78 is 26.7. The third kappa shape index (κ3) is 2.44. The van der Waals surface area contributed by atoms with Crippen LogP contribution in [0.5, 0.6) is 0 Å². The van der Waals surface area contributed by atoms with Gasteiger partial charge in [0.05, 0.1) is 0 Å². The summed E-state index contributed by atoms with van der Waals surface area (Å²) in [5, 5.41) is 2.74. The zero-order chi connectivity index (χ0) is 10.7. The standard InChI is InChI=1S/C11H15F2N/c1-4-8-5-9(12)11(10(13)6-8)14-7(2)3/h5-7,14H,4H2,1-3H3. The molecule has 0 saturated carbocycles. The van der Waals surface area contributed by atoms with Crippen molar-refractivity contribution < 1.29 is 8.78 Å². The normalized spacial score (nSPS) is 10.7. The van der Waals surface area contributed by atoms with Gasteiger partial charge in [-0.1, -0.05) is 6.92 Å². The number of hydrogen-bond donors (Lipinski definition) is 1. The van der Waals surface area contributed by atoms with Crippen LogP contribution in [0.3, 0.4) is 0 Å². The van der Waals surface area contributed by atoms with Crippen LogP contribution in [0.2, 0.25) is 0 Å². The Balaban J connectivity index is 3.05. The largest absolute Gasteiger partial charge is 0.378 e. The molecule has 0 unspecified atom stereocenters. The van der Waals surface area contributed by atoms with E-state index in [0.717, 1.165) is 0 Å². The van der Waals surface area contributed by atoms with Crippen LogP contribution in [0, 0.1) is 11.6 Å². The second-order valence-corrected chi connectivity index (χ2v) is 3.59. The SMILES string of the molecule is CCc1cc(F)c(NC(C)C)c(F)c1.